The SMILES string of the molecule is CC(CCC(=O)NC=O)N(C=O)/N=c1/ccccn1C. The van der Waals surface area contributed by atoms with E-state index in [0.29, 0.717) is 24.7 Å². The Bertz CT molecular complexity index is 538. The molecule has 108 valence electrons. The standard InChI is InChI=1S/C13H18N4O3/c1-11(6-7-13(20)14-9-18)17(10-19)15-12-5-3-4-8-16(12)2/h3-5,8-11H,6-7H2,1-2H3,(H,14,18,20)/b15-12-. The van der Waals surface area contributed by atoms with Crippen LogP contribution in [0.25, 0.3) is 0 Å². The number of imide groups is 1. The average Bonchev–Trinajstić information content (AvgIpc) is 2.44. The molecule has 1 N–H and O–H groups in total. The van der Waals surface area contributed by atoms with Gasteiger partial charge in [0, 0.05) is 19.7 Å². The first kappa shape index (κ1) is 15.6. The molecule has 0 aliphatic carbocycles. The van der Waals surface area contributed by atoms with Crippen LogP contribution in [0, 0.1) is 0 Å². The van der Waals surface area contributed by atoms with Gasteiger partial charge in [0.15, 0.2) is 5.49 Å². The van der Waals surface area contributed by atoms with Crippen molar-refractivity contribution in [3.63, 3.8) is 0 Å². The highest BCUT2D eigenvalue weighted by atomic mass is 16.2. The van der Waals surface area contributed by atoms with Crippen LogP contribution < -0.4 is 10.8 Å². The fraction of sp³-hybridized carbons (Fsp3) is 0.385. The smallest absolute Gasteiger partial charge is 0.230 e. The molecule has 1 aromatic rings. The molecule has 1 atom stereocenters. The van der Waals surface area contributed by atoms with Crippen molar-refractivity contribution in [3.05, 3.63) is 29.9 Å². The third kappa shape index (κ3) is 4.68. The summed E-state index contributed by atoms with van der Waals surface area (Å²) in [5, 5.41) is 7.55. The Hall–Kier alpha value is -2.44. The van der Waals surface area contributed by atoms with Gasteiger partial charge in [0.1, 0.15) is 0 Å². The maximum Gasteiger partial charge on any atom is 0.230 e. The number of nitrogens with one attached hydrogen (secondary N) is 1. The number of rotatable bonds is 7. The van der Waals surface area contributed by atoms with Gasteiger partial charge in [-0.15, -0.1) is 0 Å². The maximum atomic E-state index is 11.2. The summed E-state index contributed by atoms with van der Waals surface area (Å²) in [6.07, 6.45) is 3.36. The fourth-order valence-electron chi connectivity index (χ4n) is 1.57. The number of amides is 3. The van der Waals surface area contributed by atoms with Crippen molar-refractivity contribution < 1.29 is 14.4 Å². The quantitative estimate of drug-likeness (QED) is 0.551. The van der Waals surface area contributed by atoms with Crippen LogP contribution in [0.1, 0.15) is 19.8 Å². The molecule has 0 fully saturated rings. The molecule has 0 aliphatic heterocycles. The third-order valence-electron chi connectivity index (χ3n) is 2.81. The monoisotopic (exact) mass is 278 g/mol. The van der Waals surface area contributed by atoms with Crippen molar-refractivity contribution >= 4 is 18.7 Å². The molecule has 0 aromatic carbocycles. The molecule has 7 nitrogen and oxygen atoms in total. The Morgan fingerprint density at radius 3 is 2.85 bits per heavy atom. The largest absolute Gasteiger partial charge is 0.335 e. The van der Waals surface area contributed by atoms with Gasteiger partial charge in [-0.1, -0.05) is 6.07 Å². The number of pyridine rings is 1. The molecule has 1 aromatic heterocycles. The number of aryl methyl sites for hydroxylation is 1. The van der Waals surface area contributed by atoms with E-state index in [9.17, 15) is 14.4 Å². The highest BCUT2D eigenvalue weighted by Crippen LogP contribution is 2.04. The van der Waals surface area contributed by atoms with E-state index in [2.05, 4.69) is 10.4 Å². The first-order valence-electron chi connectivity index (χ1n) is 6.21. The van der Waals surface area contributed by atoms with Gasteiger partial charge < -0.3 is 4.57 Å². The molecular weight excluding hydrogens is 260 g/mol. The molecule has 1 rings (SSSR count). The maximum absolute atomic E-state index is 11.2. The third-order valence-corrected chi connectivity index (χ3v) is 2.81. The number of carbonyl (C=O) groups is 3. The molecule has 0 bridgehead atoms. The van der Waals surface area contributed by atoms with E-state index in [1.165, 1.54) is 5.01 Å². The molecule has 20 heavy (non-hydrogen) atoms. The fourth-order valence-corrected chi connectivity index (χ4v) is 1.57. The predicted molar refractivity (Wildman–Crippen MR) is 71.8 cm³/mol. The molecule has 1 heterocycles. The van der Waals surface area contributed by atoms with Gasteiger partial charge in [-0.3, -0.25) is 19.7 Å². The normalized spacial score (nSPS) is 12.6. The van der Waals surface area contributed by atoms with Crippen LogP contribution in [-0.2, 0) is 21.4 Å². The zero-order valence-corrected chi connectivity index (χ0v) is 11.5. The van der Waals surface area contributed by atoms with E-state index in [1.807, 2.05) is 25.4 Å². The molecule has 0 radical (unpaired) electrons. The summed E-state index contributed by atoms with van der Waals surface area (Å²) < 4.78 is 1.78. The minimum Gasteiger partial charge on any atom is -0.335 e. The van der Waals surface area contributed by atoms with Crippen LogP contribution >= 0.6 is 0 Å². The molecular formula is C13H18N4O3. The van der Waals surface area contributed by atoms with Gasteiger partial charge in [-0.05, 0) is 25.5 Å². The van der Waals surface area contributed by atoms with Gasteiger partial charge in [-0.25, -0.2) is 5.01 Å². The van der Waals surface area contributed by atoms with Gasteiger partial charge in [0.25, 0.3) is 0 Å². The van der Waals surface area contributed by atoms with Crippen molar-refractivity contribution in [1.82, 2.24) is 14.9 Å². The number of hydrogen-bond acceptors (Lipinski definition) is 4. The second-order valence-corrected chi connectivity index (χ2v) is 4.33. The van der Waals surface area contributed by atoms with Crippen molar-refractivity contribution in [3.8, 4) is 0 Å². The topological polar surface area (TPSA) is 83.8 Å². The minimum absolute atomic E-state index is 0.153. The van der Waals surface area contributed by atoms with E-state index in [0.717, 1.165) is 0 Å². The van der Waals surface area contributed by atoms with Gasteiger partial charge >= 0.3 is 0 Å². The molecule has 0 aliphatic rings. The van der Waals surface area contributed by atoms with Crippen molar-refractivity contribution in [2.75, 3.05) is 0 Å². The van der Waals surface area contributed by atoms with Gasteiger partial charge in [-0.2, -0.15) is 5.10 Å². The van der Waals surface area contributed by atoms with Crippen LogP contribution in [0.4, 0.5) is 0 Å². The van der Waals surface area contributed by atoms with E-state index in [4.69, 9.17) is 0 Å². The van der Waals surface area contributed by atoms with E-state index in [1.54, 1.807) is 17.6 Å². The summed E-state index contributed by atoms with van der Waals surface area (Å²) in [7, 11) is 1.82. The summed E-state index contributed by atoms with van der Waals surface area (Å²) in [4.78, 5) is 32.4. The zero-order valence-electron chi connectivity index (χ0n) is 11.5. The van der Waals surface area contributed by atoms with Gasteiger partial charge in [0.2, 0.25) is 18.7 Å². The summed E-state index contributed by atoms with van der Waals surface area (Å²) in [6.45, 7) is 1.79. The number of aromatic nitrogens is 1. The summed E-state index contributed by atoms with van der Waals surface area (Å²) in [5.74, 6) is -0.372. The van der Waals surface area contributed by atoms with Crippen LogP contribution in [-0.4, -0.2) is 34.3 Å². The lowest BCUT2D eigenvalue weighted by atomic mass is 10.2. The van der Waals surface area contributed by atoms with E-state index < -0.39 is 0 Å². The average molecular weight is 278 g/mol. The molecule has 0 spiro atoms. The lowest BCUT2D eigenvalue weighted by molar-refractivity contribution is -0.126. The summed E-state index contributed by atoms with van der Waals surface area (Å²) >= 11 is 0. The highest BCUT2D eigenvalue weighted by molar-refractivity contribution is 5.85. The predicted octanol–water partition coefficient (Wildman–Crippen LogP) is -0.259. The Morgan fingerprint density at radius 1 is 1.50 bits per heavy atom. The van der Waals surface area contributed by atoms with Crippen LogP contribution in [0.2, 0.25) is 0 Å². The van der Waals surface area contributed by atoms with Crippen molar-refractivity contribution in [2.24, 2.45) is 12.1 Å². The Balaban J connectivity index is 2.74. The molecule has 1 unspecified atom stereocenters. The summed E-state index contributed by atoms with van der Waals surface area (Å²) in [5.41, 5.74) is 0.629. The van der Waals surface area contributed by atoms with Crippen LogP contribution in [0.5, 0.6) is 0 Å². The highest BCUT2D eigenvalue weighted by Gasteiger charge is 2.12. The van der Waals surface area contributed by atoms with Crippen molar-refractivity contribution in [1.29, 1.82) is 0 Å². The first-order valence-corrected chi connectivity index (χ1v) is 6.21. The Morgan fingerprint density at radius 2 is 2.25 bits per heavy atom. The molecule has 0 saturated carbocycles. The van der Waals surface area contributed by atoms with Crippen LogP contribution in [0.3, 0.4) is 0 Å². The van der Waals surface area contributed by atoms with E-state index >= 15 is 0 Å². The lowest BCUT2D eigenvalue weighted by Gasteiger charge is -2.19. The number of nitrogens with zero attached hydrogens (tertiary/aromatic N) is 3. The molecule has 3 amide bonds. The minimum atomic E-state index is -0.372. The second-order valence-electron chi connectivity index (χ2n) is 4.33. The number of carbonyl (C=O) groups excluding carboxylic acids is 3. The summed E-state index contributed by atoms with van der Waals surface area (Å²) in [6, 6.07) is 5.22. The molecule has 0 saturated heterocycles. The van der Waals surface area contributed by atoms with Crippen molar-refractivity contribution in [2.45, 2.75) is 25.8 Å². The van der Waals surface area contributed by atoms with Gasteiger partial charge in [0.05, 0.1) is 6.04 Å². The van der Waals surface area contributed by atoms with E-state index in [-0.39, 0.29) is 18.4 Å². The zero-order chi connectivity index (χ0) is 15.0. The molecule has 7 heteroatoms. The Kier molecular flexibility index (Phi) is 6.15. The van der Waals surface area contributed by atoms with Crippen LogP contribution in [0.15, 0.2) is 29.5 Å². The second kappa shape index (κ2) is 7.88. The Labute approximate surface area is 116 Å². The number of hydrogen-bond donors (Lipinski definition) is 1. The first-order chi connectivity index (χ1) is 9.58. The lowest BCUT2D eigenvalue weighted by Crippen LogP contribution is -2.33.